The number of hydrogen-bond acceptors (Lipinski definition) is 5. The number of methoxy groups -OCH3 is 1. The number of pyridine rings is 1. The van der Waals surface area contributed by atoms with Gasteiger partial charge in [-0.15, -0.1) is 0 Å². The third-order valence-corrected chi connectivity index (χ3v) is 3.43. The summed E-state index contributed by atoms with van der Waals surface area (Å²) in [5.41, 5.74) is -2.36. The van der Waals surface area contributed by atoms with Crippen LogP contribution in [-0.4, -0.2) is 59.4 Å². The Hall–Kier alpha value is -2.56. The first-order valence-electron chi connectivity index (χ1n) is 6.79. The molecule has 1 aromatic rings. The summed E-state index contributed by atoms with van der Waals surface area (Å²) in [6, 6.07) is 0. The number of nitrogens with one attached hydrogen (secondary N) is 1. The molecule has 11 heteroatoms. The summed E-state index contributed by atoms with van der Waals surface area (Å²) in [5.74, 6) is -4.01. The number of amides is 2. The van der Waals surface area contributed by atoms with E-state index in [9.17, 15) is 32.7 Å². The van der Waals surface area contributed by atoms with Gasteiger partial charge in [0.25, 0.3) is 5.91 Å². The van der Waals surface area contributed by atoms with E-state index in [2.05, 4.69) is 0 Å². The van der Waals surface area contributed by atoms with Crippen molar-refractivity contribution >= 4 is 17.5 Å². The molecule has 2 amide bonds. The highest BCUT2D eigenvalue weighted by Gasteiger charge is 2.39. The maximum atomic E-state index is 12.3. The molecule has 2 rings (SSSR count). The molecule has 0 atom stereocenters. The summed E-state index contributed by atoms with van der Waals surface area (Å²) < 4.78 is 42.8. The van der Waals surface area contributed by atoms with E-state index in [1.807, 2.05) is 0 Å². The standard InChI is InChI=1S/C13H14F3N3O5/c1-24-5-4-18-2-3-19-6-7(17-12(23)13(14,15)16)9(20)10(21)8(19)11(18)22/h6,21H,2-5H2,1H3,(H,17,23). The molecule has 2 N–H and O–H groups in total. The predicted octanol–water partition coefficient (Wildman–Crippen LogP) is 0.157. The second-order valence-electron chi connectivity index (χ2n) is 5.00. The number of carbonyl (C=O) groups excluding carboxylic acids is 2. The minimum Gasteiger partial charge on any atom is -0.502 e. The Balaban J connectivity index is 2.37. The predicted molar refractivity (Wildman–Crippen MR) is 74.8 cm³/mol. The van der Waals surface area contributed by atoms with Crippen molar-refractivity contribution in [2.45, 2.75) is 12.7 Å². The van der Waals surface area contributed by atoms with Gasteiger partial charge in [-0.3, -0.25) is 14.4 Å². The SMILES string of the molecule is COCCN1CCn2cc(NC(=O)C(F)(F)F)c(=O)c(O)c2C1=O. The highest BCUT2D eigenvalue weighted by Crippen LogP contribution is 2.23. The van der Waals surface area contributed by atoms with Crippen molar-refractivity contribution < 1.29 is 32.6 Å². The van der Waals surface area contributed by atoms with Gasteiger partial charge in [-0.25, -0.2) is 0 Å². The highest BCUT2D eigenvalue weighted by molar-refractivity contribution is 5.98. The van der Waals surface area contributed by atoms with Gasteiger partial charge in [0.1, 0.15) is 5.69 Å². The summed E-state index contributed by atoms with van der Waals surface area (Å²) in [6.07, 6.45) is -4.28. The fourth-order valence-electron chi connectivity index (χ4n) is 2.23. The Labute approximate surface area is 133 Å². The molecule has 0 fully saturated rings. The minimum absolute atomic E-state index is 0.132. The minimum atomic E-state index is -5.19. The Kier molecular flexibility index (Phi) is 4.83. The summed E-state index contributed by atoms with van der Waals surface area (Å²) in [6.45, 7) is 0.823. The molecule has 132 valence electrons. The highest BCUT2D eigenvalue weighted by atomic mass is 19.4. The van der Waals surface area contributed by atoms with Gasteiger partial charge in [-0.2, -0.15) is 13.2 Å². The Bertz CT molecular complexity index is 729. The summed E-state index contributed by atoms with van der Waals surface area (Å²) >= 11 is 0. The molecule has 0 bridgehead atoms. The summed E-state index contributed by atoms with van der Waals surface area (Å²) in [5, 5.41) is 11.3. The first-order chi connectivity index (χ1) is 11.2. The largest absolute Gasteiger partial charge is 0.502 e. The van der Waals surface area contributed by atoms with Gasteiger partial charge < -0.3 is 24.6 Å². The average molecular weight is 349 g/mol. The number of ether oxygens (including phenoxy) is 1. The zero-order chi connectivity index (χ0) is 18.1. The lowest BCUT2D eigenvalue weighted by Gasteiger charge is -2.30. The number of aromatic hydroxyl groups is 1. The number of nitrogens with zero attached hydrogens (tertiary/aromatic N) is 2. The van der Waals surface area contributed by atoms with Crippen LogP contribution in [0.15, 0.2) is 11.0 Å². The van der Waals surface area contributed by atoms with Crippen LogP contribution in [-0.2, 0) is 16.1 Å². The van der Waals surface area contributed by atoms with Crippen LogP contribution in [0.1, 0.15) is 10.5 Å². The topological polar surface area (TPSA) is 101 Å². The third kappa shape index (κ3) is 3.35. The van der Waals surface area contributed by atoms with Crippen molar-refractivity contribution in [3.8, 4) is 5.75 Å². The molecule has 1 aromatic heterocycles. The van der Waals surface area contributed by atoms with Crippen LogP contribution in [0.25, 0.3) is 0 Å². The molecule has 1 aliphatic heterocycles. The molecular weight excluding hydrogens is 335 g/mol. The lowest BCUT2D eigenvalue weighted by molar-refractivity contribution is -0.167. The summed E-state index contributed by atoms with van der Waals surface area (Å²) in [7, 11) is 1.44. The maximum absolute atomic E-state index is 12.3. The second kappa shape index (κ2) is 6.51. The molecule has 1 aliphatic rings. The lowest BCUT2D eigenvalue weighted by atomic mass is 10.2. The van der Waals surface area contributed by atoms with Gasteiger partial charge in [-0.05, 0) is 0 Å². The van der Waals surface area contributed by atoms with Gasteiger partial charge in [0, 0.05) is 32.9 Å². The molecule has 0 radical (unpaired) electrons. The van der Waals surface area contributed by atoms with Crippen molar-refractivity contribution in [1.29, 1.82) is 0 Å². The van der Waals surface area contributed by atoms with Gasteiger partial charge >= 0.3 is 12.1 Å². The Morgan fingerprint density at radius 1 is 1.38 bits per heavy atom. The van der Waals surface area contributed by atoms with E-state index in [-0.39, 0.29) is 31.9 Å². The van der Waals surface area contributed by atoms with E-state index in [1.54, 1.807) is 0 Å². The molecule has 0 aliphatic carbocycles. The van der Waals surface area contributed by atoms with Crippen molar-refractivity contribution in [2.24, 2.45) is 0 Å². The van der Waals surface area contributed by atoms with E-state index in [1.165, 1.54) is 17.3 Å². The number of aromatic nitrogens is 1. The van der Waals surface area contributed by atoms with Crippen molar-refractivity contribution in [1.82, 2.24) is 9.47 Å². The first-order valence-corrected chi connectivity index (χ1v) is 6.79. The zero-order valence-electron chi connectivity index (χ0n) is 12.5. The quantitative estimate of drug-likeness (QED) is 0.806. The second-order valence-corrected chi connectivity index (χ2v) is 5.00. The Morgan fingerprint density at radius 2 is 2.04 bits per heavy atom. The monoisotopic (exact) mass is 349 g/mol. The third-order valence-electron chi connectivity index (χ3n) is 3.43. The van der Waals surface area contributed by atoms with E-state index in [0.717, 1.165) is 10.8 Å². The van der Waals surface area contributed by atoms with Gasteiger partial charge in [0.05, 0.1) is 6.61 Å². The number of carbonyl (C=O) groups is 2. The van der Waals surface area contributed by atoms with Gasteiger partial charge in [0.2, 0.25) is 5.43 Å². The average Bonchev–Trinajstić information content (AvgIpc) is 2.50. The van der Waals surface area contributed by atoms with Crippen molar-refractivity contribution in [3.05, 3.63) is 22.1 Å². The van der Waals surface area contributed by atoms with Crippen LogP contribution in [0.2, 0.25) is 0 Å². The molecule has 0 spiro atoms. The Morgan fingerprint density at radius 3 is 2.62 bits per heavy atom. The number of halogens is 3. The molecule has 0 aromatic carbocycles. The van der Waals surface area contributed by atoms with E-state index in [0.29, 0.717) is 0 Å². The van der Waals surface area contributed by atoms with Crippen LogP contribution in [0.5, 0.6) is 5.75 Å². The number of rotatable bonds is 4. The number of hydrogen-bond donors (Lipinski definition) is 2. The van der Waals surface area contributed by atoms with Crippen LogP contribution in [0.4, 0.5) is 18.9 Å². The molecule has 24 heavy (non-hydrogen) atoms. The number of anilines is 1. The molecular formula is C13H14F3N3O5. The van der Waals surface area contributed by atoms with Crippen molar-refractivity contribution in [3.63, 3.8) is 0 Å². The maximum Gasteiger partial charge on any atom is 0.471 e. The van der Waals surface area contributed by atoms with Gasteiger partial charge in [0.15, 0.2) is 11.4 Å². The van der Waals surface area contributed by atoms with E-state index >= 15 is 0 Å². The van der Waals surface area contributed by atoms with Crippen molar-refractivity contribution in [2.75, 3.05) is 32.1 Å². The normalized spacial score (nSPS) is 14.5. The number of alkyl halides is 3. The van der Waals surface area contributed by atoms with Crippen LogP contribution < -0.4 is 10.7 Å². The molecule has 8 nitrogen and oxygen atoms in total. The van der Waals surface area contributed by atoms with Crippen LogP contribution >= 0.6 is 0 Å². The van der Waals surface area contributed by atoms with Crippen LogP contribution in [0.3, 0.4) is 0 Å². The zero-order valence-corrected chi connectivity index (χ0v) is 12.5. The van der Waals surface area contributed by atoms with E-state index < -0.39 is 34.9 Å². The fourth-order valence-corrected chi connectivity index (χ4v) is 2.23. The van der Waals surface area contributed by atoms with E-state index in [4.69, 9.17) is 4.74 Å². The molecule has 2 heterocycles. The molecule has 0 unspecified atom stereocenters. The fraction of sp³-hybridized carbons (Fsp3) is 0.462. The lowest BCUT2D eigenvalue weighted by Crippen LogP contribution is -2.43. The van der Waals surface area contributed by atoms with Crippen LogP contribution in [0, 0.1) is 0 Å². The smallest absolute Gasteiger partial charge is 0.471 e. The van der Waals surface area contributed by atoms with Gasteiger partial charge in [-0.1, -0.05) is 0 Å². The molecule has 0 saturated heterocycles. The molecule has 0 saturated carbocycles. The number of fused-ring (bicyclic) bond motifs is 1. The first kappa shape index (κ1) is 17.8. The summed E-state index contributed by atoms with van der Waals surface area (Å²) in [4.78, 5) is 36.5.